The molecule has 0 aromatic rings. The summed E-state index contributed by atoms with van der Waals surface area (Å²) in [6.07, 6.45) is 0.869. The Morgan fingerprint density at radius 1 is 1.65 bits per heavy atom. The van der Waals surface area contributed by atoms with Gasteiger partial charge in [-0.25, -0.2) is 15.1 Å². The summed E-state index contributed by atoms with van der Waals surface area (Å²) in [5, 5.41) is 9.16. The summed E-state index contributed by atoms with van der Waals surface area (Å²) in [6, 6.07) is -0.699. The van der Waals surface area contributed by atoms with E-state index in [1.807, 2.05) is 0 Å². The van der Waals surface area contributed by atoms with Crippen molar-refractivity contribution in [3.05, 3.63) is 10.1 Å². The SMILES string of the molecule is CCOC(=O)[C@H](N)CCCN=C(N)N[N+](=O)[O-]. The van der Waals surface area contributed by atoms with Crippen LogP contribution >= 0.6 is 0 Å². The van der Waals surface area contributed by atoms with Gasteiger partial charge in [-0.15, -0.1) is 0 Å². The molecule has 0 unspecified atom stereocenters. The highest BCUT2D eigenvalue weighted by Crippen LogP contribution is 1.97. The first-order valence-corrected chi connectivity index (χ1v) is 5.10. The topological polar surface area (TPSA) is 146 Å². The fourth-order valence-corrected chi connectivity index (χ4v) is 1.01. The summed E-state index contributed by atoms with van der Waals surface area (Å²) in [7, 11) is 0. The van der Waals surface area contributed by atoms with Gasteiger partial charge in [0.25, 0.3) is 5.96 Å². The molecule has 0 aliphatic heterocycles. The normalized spacial score (nSPS) is 12.9. The number of hydrogen-bond donors (Lipinski definition) is 3. The summed E-state index contributed by atoms with van der Waals surface area (Å²) < 4.78 is 4.71. The molecule has 0 bridgehead atoms. The largest absolute Gasteiger partial charge is 0.465 e. The van der Waals surface area contributed by atoms with Crippen molar-refractivity contribution in [2.75, 3.05) is 13.2 Å². The minimum Gasteiger partial charge on any atom is -0.465 e. The minimum absolute atomic E-state index is 0.250. The van der Waals surface area contributed by atoms with E-state index in [-0.39, 0.29) is 19.1 Å². The third-order valence-corrected chi connectivity index (χ3v) is 1.75. The molecule has 0 radical (unpaired) electrons. The summed E-state index contributed by atoms with van der Waals surface area (Å²) in [4.78, 5) is 24.7. The third kappa shape index (κ3) is 7.96. The van der Waals surface area contributed by atoms with Gasteiger partial charge < -0.3 is 16.2 Å². The number of carbonyl (C=O) groups is 1. The number of nitrogens with one attached hydrogen (secondary N) is 1. The number of nitro groups is 1. The number of esters is 1. The van der Waals surface area contributed by atoms with Gasteiger partial charge in [-0.3, -0.25) is 4.79 Å². The van der Waals surface area contributed by atoms with E-state index in [0.29, 0.717) is 12.8 Å². The van der Waals surface area contributed by atoms with Gasteiger partial charge in [-0.2, -0.15) is 0 Å². The summed E-state index contributed by atoms with van der Waals surface area (Å²) in [6.45, 7) is 2.23. The summed E-state index contributed by atoms with van der Waals surface area (Å²) in [5.41, 5.74) is 12.4. The number of guanidine groups is 1. The molecule has 5 N–H and O–H groups in total. The second kappa shape index (κ2) is 8.28. The van der Waals surface area contributed by atoms with Gasteiger partial charge in [-0.05, 0) is 19.8 Å². The van der Waals surface area contributed by atoms with Crippen LogP contribution < -0.4 is 16.9 Å². The van der Waals surface area contributed by atoms with Crippen LogP contribution in [-0.2, 0) is 9.53 Å². The third-order valence-electron chi connectivity index (χ3n) is 1.75. The molecule has 1 atom stereocenters. The predicted molar refractivity (Wildman–Crippen MR) is 60.5 cm³/mol. The number of ether oxygens (including phenoxy) is 1. The molecule has 0 amide bonds. The van der Waals surface area contributed by atoms with Crippen molar-refractivity contribution in [3.63, 3.8) is 0 Å². The van der Waals surface area contributed by atoms with Gasteiger partial charge in [0.2, 0.25) is 0 Å². The van der Waals surface area contributed by atoms with Crippen LogP contribution in [0.4, 0.5) is 0 Å². The van der Waals surface area contributed by atoms with Gasteiger partial charge in [0, 0.05) is 6.54 Å². The molecule has 0 spiro atoms. The number of aliphatic imine (C=N–C) groups is 1. The average Bonchev–Trinajstić information content (AvgIpc) is 2.23. The number of carbonyl (C=O) groups excluding carboxylic acids is 1. The number of rotatable bonds is 7. The fraction of sp³-hybridized carbons (Fsp3) is 0.750. The Labute approximate surface area is 98.3 Å². The summed E-state index contributed by atoms with van der Waals surface area (Å²) >= 11 is 0. The van der Waals surface area contributed by atoms with E-state index in [1.165, 1.54) is 0 Å². The molecule has 9 nitrogen and oxygen atoms in total. The molecule has 0 rings (SSSR count). The van der Waals surface area contributed by atoms with E-state index in [9.17, 15) is 14.9 Å². The number of hydrazine groups is 1. The van der Waals surface area contributed by atoms with Crippen molar-refractivity contribution in [1.82, 2.24) is 5.43 Å². The first kappa shape index (κ1) is 15.1. The van der Waals surface area contributed by atoms with E-state index in [4.69, 9.17) is 16.2 Å². The molecule has 0 saturated carbocycles. The molecule has 0 aromatic heterocycles. The first-order chi connectivity index (χ1) is 7.97. The molecule has 0 saturated heterocycles. The highest BCUT2D eigenvalue weighted by molar-refractivity contribution is 5.76. The number of hydrogen-bond acceptors (Lipinski definition) is 6. The highest BCUT2D eigenvalue weighted by atomic mass is 16.7. The maximum absolute atomic E-state index is 11.1. The van der Waals surface area contributed by atoms with Crippen LogP contribution in [0.3, 0.4) is 0 Å². The van der Waals surface area contributed by atoms with Gasteiger partial charge in [0.05, 0.1) is 6.61 Å². The second-order valence-electron chi connectivity index (χ2n) is 3.14. The Bertz CT molecular complexity index is 294. The molecule has 0 heterocycles. The average molecular weight is 247 g/mol. The molecule has 0 aliphatic carbocycles. The zero-order valence-corrected chi connectivity index (χ0v) is 9.59. The van der Waals surface area contributed by atoms with Crippen LogP contribution in [-0.4, -0.2) is 36.2 Å². The van der Waals surface area contributed by atoms with E-state index in [1.54, 1.807) is 12.3 Å². The lowest BCUT2D eigenvalue weighted by atomic mass is 10.2. The van der Waals surface area contributed by atoms with E-state index in [2.05, 4.69) is 4.99 Å². The van der Waals surface area contributed by atoms with Crippen molar-refractivity contribution >= 4 is 11.9 Å². The Morgan fingerprint density at radius 2 is 2.29 bits per heavy atom. The van der Waals surface area contributed by atoms with Crippen molar-refractivity contribution in [2.24, 2.45) is 16.5 Å². The molecule has 98 valence electrons. The molecule has 17 heavy (non-hydrogen) atoms. The highest BCUT2D eigenvalue weighted by Gasteiger charge is 2.13. The van der Waals surface area contributed by atoms with Gasteiger partial charge in [0.1, 0.15) is 6.04 Å². The predicted octanol–water partition coefficient (Wildman–Crippen LogP) is -1.25. The van der Waals surface area contributed by atoms with Crippen molar-refractivity contribution in [1.29, 1.82) is 0 Å². The quantitative estimate of drug-likeness (QED) is 0.127. The Balaban J connectivity index is 3.76. The zero-order chi connectivity index (χ0) is 13.3. The lowest BCUT2D eigenvalue weighted by Gasteiger charge is -2.08. The second-order valence-corrected chi connectivity index (χ2v) is 3.14. The van der Waals surface area contributed by atoms with Crippen LogP contribution in [0.1, 0.15) is 19.8 Å². The lowest BCUT2D eigenvalue weighted by molar-refractivity contribution is -0.525. The van der Waals surface area contributed by atoms with Crippen molar-refractivity contribution < 1.29 is 14.6 Å². The van der Waals surface area contributed by atoms with Crippen LogP contribution in [0, 0.1) is 10.1 Å². The van der Waals surface area contributed by atoms with E-state index >= 15 is 0 Å². The van der Waals surface area contributed by atoms with Crippen molar-refractivity contribution in [3.8, 4) is 0 Å². The van der Waals surface area contributed by atoms with E-state index in [0.717, 1.165) is 0 Å². The maximum Gasteiger partial charge on any atom is 0.322 e. The van der Waals surface area contributed by atoms with Gasteiger partial charge in [-0.1, -0.05) is 5.43 Å². The van der Waals surface area contributed by atoms with Crippen LogP contribution in [0.2, 0.25) is 0 Å². The molecule has 0 fully saturated rings. The number of nitrogens with zero attached hydrogens (tertiary/aromatic N) is 2. The number of nitrogens with two attached hydrogens (primary N) is 2. The standard InChI is InChI=1S/C8H17N5O4/c1-2-17-7(14)6(9)4-3-5-11-8(10)12-13(15)16/h6H,2-5,9H2,1H3,(H3,10,11,12)/t6-/m1/s1. The van der Waals surface area contributed by atoms with Crippen LogP contribution in [0.15, 0.2) is 4.99 Å². The minimum atomic E-state index is -0.802. The Kier molecular flexibility index (Phi) is 7.35. The molecule has 0 aromatic carbocycles. The van der Waals surface area contributed by atoms with Gasteiger partial charge in [0.15, 0.2) is 5.03 Å². The van der Waals surface area contributed by atoms with Gasteiger partial charge >= 0.3 is 5.97 Å². The molecular formula is C8H17N5O4. The Morgan fingerprint density at radius 3 is 2.82 bits per heavy atom. The monoisotopic (exact) mass is 247 g/mol. The molecule has 9 heteroatoms. The van der Waals surface area contributed by atoms with Crippen LogP contribution in [0.25, 0.3) is 0 Å². The maximum atomic E-state index is 11.1. The van der Waals surface area contributed by atoms with E-state index < -0.39 is 17.0 Å². The zero-order valence-electron chi connectivity index (χ0n) is 9.59. The van der Waals surface area contributed by atoms with Crippen LogP contribution in [0.5, 0.6) is 0 Å². The summed E-state index contributed by atoms with van der Waals surface area (Å²) in [5.74, 6) is -0.743. The Hall–Kier alpha value is -1.90. The first-order valence-electron chi connectivity index (χ1n) is 5.10. The van der Waals surface area contributed by atoms with Crippen molar-refractivity contribution in [2.45, 2.75) is 25.8 Å². The smallest absolute Gasteiger partial charge is 0.322 e. The lowest BCUT2D eigenvalue weighted by Crippen LogP contribution is -2.36. The fourth-order valence-electron chi connectivity index (χ4n) is 1.01. The molecular weight excluding hydrogens is 230 g/mol. The molecule has 0 aliphatic rings.